The van der Waals surface area contributed by atoms with Gasteiger partial charge in [-0.25, -0.2) is 9.97 Å². The molecule has 1 fully saturated rings. The number of hydrogen-bond acceptors (Lipinski definition) is 4. The molecule has 4 nitrogen and oxygen atoms in total. The Morgan fingerprint density at radius 2 is 2.31 bits per heavy atom. The van der Waals surface area contributed by atoms with Crippen molar-refractivity contribution in [3.05, 3.63) is 23.8 Å². The SMILES string of the molecule is CC(C)Cc1ccnc(C2(C#N)COC2)n1. The minimum Gasteiger partial charge on any atom is -0.377 e. The van der Waals surface area contributed by atoms with Crippen molar-refractivity contribution in [2.24, 2.45) is 5.92 Å². The fourth-order valence-electron chi connectivity index (χ4n) is 1.71. The van der Waals surface area contributed by atoms with Crippen LogP contribution in [-0.2, 0) is 16.6 Å². The van der Waals surface area contributed by atoms with E-state index in [0.717, 1.165) is 12.1 Å². The highest BCUT2D eigenvalue weighted by Gasteiger charge is 2.43. The fraction of sp³-hybridized carbons (Fsp3) is 0.583. The molecule has 0 amide bonds. The van der Waals surface area contributed by atoms with Crippen molar-refractivity contribution in [1.82, 2.24) is 9.97 Å². The smallest absolute Gasteiger partial charge is 0.163 e. The molecule has 1 saturated heterocycles. The summed E-state index contributed by atoms with van der Waals surface area (Å²) in [7, 11) is 0. The summed E-state index contributed by atoms with van der Waals surface area (Å²) in [6, 6.07) is 4.17. The van der Waals surface area contributed by atoms with Crippen LogP contribution in [0.3, 0.4) is 0 Å². The molecule has 0 unspecified atom stereocenters. The van der Waals surface area contributed by atoms with E-state index in [0.29, 0.717) is 25.0 Å². The van der Waals surface area contributed by atoms with Crippen LogP contribution in [0.15, 0.2) is 12.3 Å². The molecule has 0 aliphatic carbocycles. The minimum atomic E-state index is -0.604. The molecule has 2 rings (SSSR count). The van der Waals surface area contributed by atoms with Gasteiger partial charge in [0.15, 0.2) is 11.2 Å². The van der Waals surface area contributed by atoms with Gasteiger partial charge >= 0.3 is 0 Å². The highest BCUT2D eigenvalue weighted by Crippen LogP contribution is 2.28. The zero-order chi connectivity index (χ0) is 11.6. The average Bonchev–Trinajstić information content (AvgIpc) is 2.16. The van der Waals surface area contributed by atoms with Crippen LogP contribution in [0.2, 0.25) is 0 Å². The Morgan fingerprint density at radius 3 is 2.81 bits per heavy atom. The van der Waals surface area contributed by atoms with E-state index in [4.69, 9.17) is 10.00 Å². The van der Waals surface area contributed by atoms with Crippen LogP contribution in [-0.4, -0.2) is 23.2 Å². The molecule has 0 aromatic carbocycles. The third kappa shape index (κ3) is 1.91. The van der Waals surface area contributed by atoms with Gasteiger partial charge in [-0.2, -0.15) is 5.26 Å². The number of aromatic nitrogens is 2. The predicted octanol–water partition coefficient (Wildman–Crippen LogP) is 1.47. The van der Waals surface area contributed by atoms with E-state index in [1.54, 1.807) is 6.20 Å². The molecule has 0 bridgehead atoms. The lowest BCUT2D eigenvalue weighted by atomic mass is 9.87. The Labute approximate surface area is 95.3 Å². The van der Waals surface area contributed by atoms with E-state index < -0.39 is 5.41 Å². The standard InChI is InChI=1S/C12H15N3O/c1-9(2)5-10-3-4-14-11(15-10)12(6-13)7-16-8-12/h3-4,9H,5,7-8H2,1-2H3. The highest BCUT2D eigenvalue weighted by molar-refractivity contribution is 5.25. The van der Waals surface area contributed by atoms with Crippen molar-refractivity contribution < 1.29 is 4.74 Å². The molecule has 0 saturated carbocycles. The number of nitrogens with zero attached hydrogens (tertiary/aromatic N) is 3. The maximum absolute atomic E-state index is 9.15. The Balaban J connectivity index is 2.26. The topological polar surface area (TPSA) is 58.8 Å². The fourth-order valence-corrected chi connectivity index (χ4v) is 1.71. The van der Waals surface area contributed by atoms with Crippen molar-refractivity contribution in [3.8, 4) is 6.07 Å². The number of hydrogen-bond donors (Lipinski definition) is 0. The summed E-state index contributed by atoms with van der Waals surface area (Å²) in [6.07, 6.45) is 2.65. The predicted molar refractivity (Wildman–Crippen MR) is 58.7 cm³/mol. The number of nitriles is 1. The average molecular weight is 217 g/mol. The monoisotopic (exact) mass is 217 g/mol. The Kier molecular flexibility index (Phi) is 2.88. The zero-order valence-corrected chi connectivity index (χ0v) is 9.60. The molecular weight excluding hydrogens is 202 g/mol. The maximum Gasteiger partial charge on any atom is 0.163 e. The molecule has 0 spiro atoms. The molecule has 0 radical (unpaired) electrons. The van der Waals surface area contributed by atoms with Gasteiger partial charge < -0.3 is 4.74 Å². The van der Waals surface area contributed by atoms with Gasteiger partial charge in [-0.15, -0.1) is 0 Å². The van der Waals surface area contributed by atoms with Gasteiger partial charge in [-0.1, -0.05) is 13.8 Å². The van der Waals surface area contributed by atoms with E-state index >= 15 is 0 Å². The lowest BCUT2D eigenvalue weighted by Crippen LogP contribution is -2.46. The van der Waals surface area contributed by atoms with Crippen LogP contribution in [0.4, 0.5) is 0 Å². The first kappa shape index (κ1) is 11.0. The van der Waals surface area contributed by atoms with E-state index in [-0.39, 0.29) is 0 Å². The van der Waals surface area contributed by atoms with Crippen LogP contribution in [0, 0.1) is 17.2 Å². The first-order valence-corrected chi connectivity index (χ1v) is 5.48. The van der Waals surface area contributed by atoms with Crippen molar-refractivity contribution in [3.63, 3.8) is 0 Å². The largest absolute Gasteiger partial charge is 0.377 e. The molecule has 1 aliphatic heterocycles. The van der Waals surface area contributed by atoms with E-state index in [1.165, 1.54) is 0 Å². The summed E-state index contributed by atoms with van der Waals surface area (Å²) in [5, 5.41) is 9.15. The van der Waals surface area contributed by atoms with Crippen molar-refractivity contribution in [1.29, 1.82) is 5.26 Å². The van der Waals surface area contributed by atoms with Crippen molar-refractivity contribution in [2.45, 2.75) is 25.7 Å². The second kappa shape index (κ2) is 4.18. The molecule has 2 heterocycles. The van der Waals surface area contributed by atoms with Gasteiger partial charge in [0.05, 0.1) is 19.3 Å². The molecule has 1 aromatic heterocycles. The van der Waals surface area contributed by atoms with Crippen molar-refractivity contribution >= 4 is 0 Å². The summed E-state index contributed by atoms with van der Waals surface area (Å²) in [5.74, 6) is 1.16. The second-order valence-corrected chi connectivity index (χ2v) is 4.66. The molecule has 1 aromatic rings. The third-order valence-electron chi connectivity index (χ3n) is 2.67. The Morgan fingerprint density at radius 1 is 1.56 bits per heavy atom. The second-order valence-electron chi connectivity index (χ2n) is 4.66. The van der Waals surface area contributed by atoms with Gasteiger partial charge in [-0.05, 0) is 18.4 Å². The molecule has 0 atom stereocenters. The van der Waals surface area contributed by atoms with Gasteiger partial charge in [0.25, 0.3) is 0 Å². The van der Waals surface area contributed by atoms with Crippen LogP contribution in [0.5, 0.6) is 0 Å². The quantitative estimate of drug-likeness (QED) is 0.769. The Hall–Kier alpha value is -1.47. The number of rotatable bonds is 3. The lowest BCUT2D eigenvalue weighted by molar-refractivity contribution is -0.0340. The van der Waals surface area contributed by atoms with E-state index in [1.807, 2.05) is 6.07 Å². The first-order chi connectivity index (χ1) is 7.66. The molecule has 1 aliphatic rings. The van der Waals surface area contributed by atoms with Gasteiger partial charge in [0.2, 0.25) is 0 Å². The summed E-state index contributed by atoms with van der Waals surface area (Å²) in [6.45, 7) is 5.12. The summed E-state index contributed by atoms with van der Waals surface area (Å²) >= 11 is 0. The Bertz CT molecular complexity index is 419. The van der Waals surface area contributed by atoms with Gasteiger partial charge in [0, 0.05) is 11.9 Å². The first-order valence-electron chi connectivity index (χ1n) is 5.48. The van der Waals surface area contributed by atoms with Gasteiger partial charge in [0.1, 0.15) is 0 Å². The molecular formula is C12H15N3O. The zero-order valence-electron chi connectivity index (χ0n) is 9.60. The van der Waals surface area contributed by atoms with Crippen LogP contribution < -0.4 is 0 Å². The van der Waals surface area contributed by atoms with Crippen LogP contribution >= 0.6 is 0 Å². The number of ether oxygens (including phenoxy) is 1. The van der Waals surface area contributed by atoms with Crippen LogP contribution in [0.1, 0.15) is 25.4 Å². The molecule has 4 heteroatoms. The molecule has 84 valence electrons. The summed E-state index contributed by atoms with van der Waals surface area (Å²) in [4.78, 5) is 8.66. The normalized spacial score (nSPS) is 17.9. The minimum absolute atomic E-state index is 0.411. The molecule has 0 N–H and O–H groups in total. The van der Waals surface area contributed by atoms with E-state index in [9.17, 15) is 0 Å². The third-order valence-corrected chi connectivity index (χ3v) is 2.67. The van der Waals surface area contributed by atoms with E-state index in [2.05, 4.69) is 29.9 Å². The summed E-state index contributed by atoms with van der Waals surface area (Å²) in [5.41, 5.74) is 0.397. The van der Waals surface area contributed by atoms with Crippen molar-refractivity contribution in [2.75, 3.05) is 13.2 Å². The maximum atomic E-state index is 9.15. The van der Waals surface area contributed by atoms with Crippen LogP contribution in [0.25, 0.3) is 0 Å². The highest BCUT2D eigenvalue weighted by atomic mass is 16.5. The lowest BCUT2D eigenvalue weighted by Gasteiger charge is -2.33. The van der Waals surface area contributed by atoms with Gasteiger partial charge in [-0.3, -0.25) is 0 Å². The summed E-state index contributed by atoms with van der Waals surface area (Å²) < 4.78 is 5.10. The molecule has 16 heavy (non-hydrogen) atoms.